The molecule has 0 fully saturated rings. The zero-order valence-corrected chi connectivity index (χ0v) is 9.72. The first-order valence-electron chi connectivity index (χ1n) is 4.54. The van der Waals surface area contributed by atoms with Gasteiger partial charge in [-0.2, -0.15) is 13.5 Å². The second kappa shape index (κ2) is 7.94. The van der Waals surface area contributed by atoms with Crippen LogP contribution in [0.15, 0.2) is 60.7 Å². The first-order chi connectivity index (χ1) is 6.79. The van der Waals surface area contributed by atoms with Crippen molar-refractivity contribution in [3.63, 3.8) is 0 Å². The van der Waals surface area contributed by atoms with E-state index < -0.39 is 0 Å². The van der Waals surface area contributed by atoms with E-state index in [4.69, 9.17) is 5.11 Å². The van der Waals surface area contributed by atoms with Crippen LogP contribution in [0.25, 0.3) is 0 Å². The largest absolute Gasteiger partial charge is 0.508 e. The van der Waals surface area contributed by atoms with Crippen molar-refractivity contribution in [1.29, 1.82) is 0 Å². The summed E-state index contributed by atoms with van der Waals surface area (Å²) in [5.41, 5.74) is 1.32. The Bertz CT molecular complexity index is 308. The fraction of sp³-hybridized carbons (Fsp3) is 0.0769. The lowest BCUT2D eigenvalue weighted by Gasteiger charge is -1.82. The molecule has 1 nitrogen and oxygen atoms in total. The lowest BCUT2D eigenvalue weighted by atomic mass is 10.2. The molecular formula is C13H16OS. The summed E-state index contributed by atoms with van der Waals surface area (Å²) in [5, 5.41) is 8.63. The van der Waals surface area contributed by atoms with E-state index in [1.54, 1.807) is 24.3 Å². The van der Waals surface area contributed by atoms with Crippen LogP contribution in [-0.4, -0.2) is 5.11 Å². The number of aromatic hydroxyl groups is 1. The minimum absolute atomic E-state index is 0. The second-order valence-corrected chi connectivity index (χ2v) is 2.99. The van der Waals surface area contributed by atoms with E-state index in [-0.39, 0.29) is 13.5 Å². The van der Waals surface area contributed by atoms with Crippen LogP contribution in [0.4, 0.5) is 0 Å². The van der Waals surface area contributed by atoms with Gasteiger partial charge in [-0.25, -0.2) is 0 Å². The Morgan fingerprint density at radius 2 is 1.13 bits per heavy atom. The van der Waals surface area contributed by atoms with Crippen molar-refractivity contribution in [2.45, 2.75) is 6.92 Å². The van der Waals surface area contributed by atoms with Gasteiger partial charge in [0.1, 0.15) is 5.75 Å². The van der Waals surface area contributed by atoms with E-state index in [9.17, 15) is 0 Å². The van der Waals surface area contributed by atoms with Gasteiger partial charge in [0, 0.05) is 0 Å². The first kappa shape index (κ1) is 13.6. The molecule has 0 spiro atoms. The molecular weight excluding hydrogens is 204 g/mol. The molecule has 0 saturated heterocycles. The van der Waals surface area contributed by atoms with Gasteiger partial charge in [-0.1, -0.05) is 54.1 Å². The molecule has 0 bridgehead atoms. The molecule has 0 aromatic heterocycles. The molecule has 0 aliphatic carbocycles. The van der Waals surface area contributed by atoms with Crippen LogP contribution in [0.2, 0.25) is 0 Å². The molecule has 1 N–H and O–H groups in total. The van der Waals surface area contributed by atoms with Crippen molar-refractivity contribution >= 4 is 13.5 Å². The highest BCUT2D eigenvalue weighted by atomic mass is 32.1. The van der Waals surface area contributed by atoms with Gasteiger partial charge in [0.2, 0.25) is 0 Å². The van der Waals surface area contributed by atoms with E-state index in [2.05, 4.69) is 19.1 Å². The number of phenols is 1. The van der Waals surface area contributed by atoms with Crippen molar-refractivity contribution in [3.8, 4) is 5.75 Å². The molecule has 2 aromatic rings. The van der Waals surface area contributed by atoms with Crippen molar-refractivity contribution in [2.24, 2.45) is 0 Å². The highest BCUT2D eigenvalue weighted by Crippen LogP contribution is 2.02. The summed E-state index contributed by atoms with van der Waals surface area (Å²) >= 11 is 0. The summed E-state index contributed by atoms with van der Waals surface area (Å²) in [6.45, 7) is 2.08. The number of hydrogen-bond acceptors (Lipinski definition) is 1. The number of para-hydroxylation sites is 1. The second-order valence-electron chi connectivity index (χ2n) is 2.99. The van der Waals surface area contributed by atoms with E-state index in [1.807, 2.05) is 24.3 Å². The van der Waals surface area contributed by atoms with Crippen molar-refractivity contribution in [1.82, 2.24) is 0 Å². The third-order valence-electron chi connectivity index (χ3n) is 1.70. The van der Waals surface area contributed by atoms with Gasteiger partial charge in [-0.15, -0.1) is 0 Å². The number of hydrogen-bond donors (Lipinski definition) is 1. The summed E-state index contributed by atoms with van der Waals surface area (Å²) in [7, 11) is 0. The molecule has 15 heavy (non-hydrogen) atoms. The molecule has 0 aliphatic rings. The molecule has 2 rings (SSSR count). The molecule has 2 heteroatoms. The third-order valence-corrected chi connectivity index (χ3v) is 1.70. The lowest BCUT2D eigenvalue weighted by Crippen LogP contribution is -1.62. The van der Waals surface area contributed by atoms with Gasteiger partial charge in [-0.3, -0.25) is 0 Å². The van der Waals surface area contributed by atoms with Gasteiger partial charge in [0.25, 0.3) is 0 Å². The maximum atomic E-state index is 8.63. The standard InChI is InChI=1S/C7H8.C6H6O.H2S/c1-7-5-3-2-4-6-7;7-6-4-2-1-3-5-6;/h2-6H,1H3;1-5,7H;1H2. The third kappa shape index (κ3) is 6.63. The molecule has 0 atom stereocenters. The SMILES string of the molecule is Cc1ccccc1.Oc1ccccc1.S. The molecule has 2 aromatic carbocycles. The van der Waals surface area contributed by atoms with Crippen molar-refractivity contribution < 1.29 is 5.11 Å². The molecule has 0 heterocycles. The normalized spacial score (nSPS) is 8.07. The predicted molar refractivity (Wildman–Crippen MR) is 69.7 cm³/mol. The highest BCUT2D eigenvalue weighted by Gasteiger charge is 1.74. The minimum atomic E-state index is 0. The molecule has 0 amide bonds. The number of aryl methyl sites for hydroxylation is 1. The molecule has 80 valence electrons. The Morgan fingerprint density at radius 1 is 0.733 bits per heavy atom. The quantitative estimate of drug-likeness (QED) is 0.720. The van der Waals surface area contributed by atoms with E-state index in [1.165, 1.54) is 5.56 Å². The summed E-state index contributed by atoms with van der Waals surface area (Å²) in [6, 6.07) is 19.0. The summed E-state index contributed by atoms with van der Waals surface area (Å²) in [5.74, 6) is 0.322. The average Bonchev–Trinajstić information content (AvgIpc) is 2.21. The lowest BCUT2D eigenvalue weighted by molar-refractivity contribution is 0.475. The van der Waals surface area contributed by atoms with Crippen LogP contribution >= 0.6 is 13.5 Å². The van der Waals surface area contributed by atoms with Crippen LogP contribution < -0.4 is 0 Å². The first-order valence-corrected chi connectivity index (χ1v) is 4.54. The van der Waals surface area contributed by atoms with Gasteiger partial charge in [-0.05, 0) is 19.1 Å². The smallest absolute Gasteiger partial charge is 0.115 e. The average molecular weight is 220 g/mol. The molecule has 0 saturated carbocycles. The van der Waals surface area contributed by atoms with E-state index >= 15 is 0 Å². The zero-order chi connectivity index (χ0) is 10.2. The highest BCUT2D eigenvalue weighted by molar-refractivity contribution is 7.59. The maximum absolute atomic E-state index is 8.63. The van der Waals surface area contributed by atoms with E-state index in [0.29, 0.717) is 5.75 Å². The fourth-order valence-corrected chi connectivity index (χ4v) is 0.962. The summed E-state index contributed by atoms with van der Waals surface area (Å²) in [6.07, 6.45) is 0. The summed E-state index contributed by atoms with van der Waals surface area (Å²) in [4.78, 5) is 0. The predicted octanol–water partition coefficient (Wildman–Crippen LogP) is 3.50. The van der Waals surface area contributed by atoms with Crippen LogP contribution in [-0.2, 0) is 0 Å². The maximum Gasteiger partial charge on any atom is 0.115 e. The number of rotatable bonds is 0. The van der Waals surface area contributed by atoms with Crippen molar-refractivity contribution in [3.05, 3.63) is 66.2 Å². The fourth-order valence-electron chi connectivity index (χ4n) is 0.962. The van der Waals surface area contributed by atoms with Crippen LogP contribution in [0.5, 0.6) is 5.75 Å². The van der Waals surface area contributed by atoms with Crippen LogP contribution in [0, 0.1) is 6.92 Å². The number of phenolic OH excluding ortho intramolecular Hbond substituents is 1. The Balaban J connectivity index is 0.000000245. The van der Waals surface area contributed by atoms with Gasteiger partial charge in [0.15, 0.2) is 0 Å². The van der Waals surface area contributed by atoms with Gasteiger partial charge in [0.05, 0.1) is 0 Å². The summed E-state index contributed by atoms with van der Waals surface area (Å²) < 4.78 is 0. The topological polar surface area (TPSA) is 20.2 Å². The monoisotopic (exact) mass is 220 g/mol. The Hall–Kier alpha value is -1.41. The van der Waals surface area contributed by atoms with Crippen molar-refractivity contribution in [2.75, 3.05) is 0 Å². The van der Waals surface area contributed by atoms with Gasteiger partial charge >= 0.3 is 0 Å². The van der Waals surface area contributed by atoms with Crippen LogP contribution in [0.1, 0.15) is 5.56 Å². The van der Waals surface area contributed by atoms with E-state index in [0.717, 1.165) is 0 Å². The van der Waals surface area contributed by atoms with Gasteiger partial charge < -0.3 is 5.11 Å². The Kier molecular flexibility index (Phi) is 7.20. The number of benzene rings is 2. The molecule has 0 unspecified atom stereocenters. The molecule has 0 aliphatic heterocycles. The van der Waals surface area contributed by atoms with Crippen LogP contribution in [0.3, 0.4) is 0 Å². The minimum Gasteiger partial charge on any atom is -0.508 e. The Morgan fingerprint density at radius 3 is 1.33 bits per heavy atom. The molecule has 0 radical (unpaired) electrons. The zero-order valence-electron chi connectivity index (χ0n) is 8.72. The Labute approximate surface area is 97.8 Å².